The Labute approximate surface area is 173 Å². The number of hydrogen-bond donors (Lipinski definition) is 3. The Morgan fingerprint density at radius 3 is 2.47 bits per heavy atom. The molecule has 3 rings (SSSR count). The van der Waals surface area contributed by atoms with Gasteiger partial charge in [0.05, 0.1) is 12.3 Å². The maximum atomic E-state index is 11.6. The molecule has 1 aliphatic rings. The number of benzene rings is 2. The number of carbonyl (C=O) groups excluding carboxylic acids is 3. The lowest BCUT2D eigenvalue weighted by molar-refractivity contribution is -0.144. The van der Waals surface area contributed by atoms with Gasteiger partial charge in [0.1, 0.15) is 17.5 Å². The average Bonchev–Trinajstić information content (AvgIpc) is 3.02. The van der Waals surface area contributed by atoms with Crippen LogP contribution in [0.4, 0.5) is 10.5 Å². The minimum atomic E-state index is -0.864. The molecule has 2 aromatic rings. The second-order valence-electron chi connectivity index (χ2n) is 6.77. The number of imide groups is 1. The van der Waals surface area contributed by atoms with Crippen LogP contribution in [0.5, 0.6) is 11.5 Å². The standard InChI is InChI=1S/C21H23N3O6/c1-2-28-20(26)16(23)9-12-3-6-14(7-4-12)29-17-8-5-13(10-15(17)22)11-18-19(25)24-21(27)30-18/h3-8,10,16,18H,2,9,11,22-23H2,1H3,(H,24,25,27). The number of cyclic esters (lactones) is 1. The van der Waals surface area contributed by atoms with Gasteiger partial charge in [0.2, 0.25) is 0 Å². The van der Waals surface area contributed by atoms with Gasteiger partial charge in [-0.25, -0.2) is 4.79 Å². The van der Waals surface area contributed by atoms with Gasteiger partial charge in [-0.15, -0.1) is 0 Å². The number of nitrogens with two attached hydrogens (primary N) is 2. The second-order valence-corrected chi connectivity index (χ2v) is 6.77. The highest BCUT2D eigenvalue weighted by molar-refractivity contribution is 6.00. The molecule has 1 fully saturated rings. The summed E-state index contributed by atoms with van der Waals surface area (Å²) < 4.78 is 15.6. The van der Waals surface area contributed by atoms with Crippen LogP contribution in [-0.4, -0.2) is 36.7 Å². The summed E-state index contributed by atoms with van der Waals surface area (Å²) in [6, 6.07) is 11.5. The smallest absolute Gasteiger partial charge is 0.414 e. The van der Waals surface area contributed by atoms with Gasteiger partial charge in [0.25, 0.3) is 5.91 Å². The Morgan fingerprint density at radius 2 is 1.87 bits per heavy atom. The van der Waals surface area contributed by atoms with Gasteiger partial charge in [0, 0.05) is 6.42 Å². The number of rotatable bonds is 8. The van der Waals surface area contributed by atoms with Crippen molar-refractivity contribution in [3.05, 3.63) is 53.6 Å². The van der Waals surface area contributed by atoms with Crippen LogP contribution in [0.2, 0.25) is 0 Å². The van der Waals surface area contributed by atoms with E-state index in [-0.39, 0.29) is 6.42 Å². The highest BCUT2D eigenvalue weighted by atomic mass is 16.6. The van der Waals surface area contributed by atoms with Crippen LogP contribution in [0, 0.1) is 0 Å². The van der Waals surface area contributed by atoms with E-state index in [9.17, 15) is 14.4 Å². The normalized spacial score (nSPS) is 16.5. The molecule has 0 radical (unpaired) electrons. The Balaban J connectivity index is 1.60. The lowest BCUT2D eigenvalue weighted by Gasteiger charge is -2.13. The number of hydrogen-bond acceptors (Lipinski definition) is 8. The zero-order valence-corrected chi connectivity index (χ0v) is 16.4. The van der Waals surface area contributed by atoms with Crippen molar-refractivity contribution >= 4 is 23.7 Å². The monoisotopic (exact) mass is 413 g/mol. The number of esters is 1. The summed E-state index contributed by atoms with van der Waals surface area (Å²) in [7, 11) is 0. The maximum absolute atomic E-state index is 11.6. The first-order valence-electron chi connectivity index (χ1n) is 9.44. The highest BCUT2D eigenvalue weighted by Crippen LogP contribution is 2.29. The highest BCUT2D eigenvalue weighted by Gasteiger charge is 2.32. The summed E-state index contributed by atoms with van der Waals surface area (Å²) in [5, 5.41) is 2.08. The first-order chi connectivity index (χ1) is 14.4. The number of alkyl carbamates (subject to hydrolysis) is 1. The molecule has 9 heteroatoms. The quantitative estimate of drug-likeness (QED) is 0.438. The Hall–Kier alpha value is -3.59. The lowest BCUT2D eigenvalue weighted by atomic mass is 10.1. The molecule has 0 saturated carbocycles. The summed E-state index contributed by atoms with van der Waals surface area (Å²) in [5.41, 5.74) is 13.9. The summed E-state index contributed by atoms with van der Waals surface area (Å²) in [4.78, 5) is 34.3. The first-order valence-corrected chi connectivity index (χ1v) is 9.44. The number of nitrogen functional groups attached to an aromatic ring is 1. The third kappa shape index (κ3) is 5.26. The molecule has 2 amide bonds. The van der Waals surface area contributed by atoms with Gasteiger partial charge in [-0.2, -0.15) is 0 Å². The van der Waals surface area contributed by atoms with Crippen molar-refractivity contribution < 1.29 is 28.6 Å². The van der Waals surface area contributed by atoms with Crippen molar-refractivity contribution in [1.29, 1.82) is 0 Å². The summed E-state index contributed by atoms with van der Waals surface area (Å²) >= 11 is 0. The first kappa shape index (κ1) is 21.1. The van der Waals surface area contributed by atoms with E-state index < -0.39 is 30.1 Å². The third-order valence-electron chi connectivity index (χ3n) is 4.46. The summed E-state index contributed by atoms with van der Waals surface area (Å²) in [6.07, 6.45) is -1.03. The summed E-state index contributed by atoms with van der Waals surface area (Å²) in [5.74, 6) is 0.104. The predicted molar refractivity (Wildman–Crippen MR) is 108 cm³/mol. The van der Waals surface area contributed by atoms with Crippen LogP contribution < -0.4 is 21.5 Å². The van der Waals surface area contributed by atoms with E-state index >= 15 is 0 Å². The SMILES string of the molecule is CCOC(=O)C(N)Cc1ccc(Oc2ccc(CC3OC(=O)NC3=O)cc2N)cc1. The molecule has 0 aliphatic carbocycles. The number of ether oxygens (including phenoxy) is 3. The molecule has 0 aromatic heterocycles. The van der Waals surface area contributed by atoms with E-state index in [1.165, 1.54) is 0 Å². The maximum Gasteiger partial charge on any atom is 0.414 e. The van der Waals surface area contributed by atoms with E-state index in [2.05, 4.69) is 5.32 Å². The molecule has 5 N–H and O–H groups in total. The van der Waals surface area contributed by atoms with Crippen LogP contribution in [0.15, 0.2) is 42.5 Å². The molecule has 30 heavy (non-hydrogen) atoms. The van der Waals surface area contributed by atoms with E-state index in [1.807, 2.05) is 12.1 Å². The van der Waals surface area contributed by atoms with Gasteiger partial charge in [-0.05, 0) is 48.7 Å². The Kier molecular flexibility index (Phi) is 6.53. The van der Waals surface area contributed by atoms with E-state index in [4.69, 9.17) is 25.7 Å². The van der Waals surface area contributed by atoms with E-state index in [0.29, 0.717) is 30.2 Å². The predicted octanol–water partition coefficient (Wildman–Crippen LogP) is 1.67. The second kappa shape index (κ2) is 9.27. The van der Waals surface area contributed by atoms with Crippen molar-refractivity contribution in [2.75, 3.05) is 12.3 Å². The van der Waals surface area contributed by atoms with Gasteiger partial charge in [-0.3, -0.25) is 14.9 Å². The van der Waals surface area contributed by atoms with Crippen molar-refractivity contribution in [3.63, 3.8) is 0 Å². The van der Waals surface area contributed by atoms with E-state index in [0.717, 1.165) is 11.1 Å². The summed E-state index contributed by atoms with van der Waals surface area (Å²) in [6.45, 7) is 2.02. The average molecular weight is 413 g/mol. The Bertz CT molecular complexity index is 944. The molecular formula is C21H23N3O6. The van der Waals surface area contributed by atoms with Crippen LogP contribution in [0.3, 0.4) is 0 Å². The Morgan fingerprint density at radius 1 is 1.17 bits per heavy atom. The fourth-order valence-corrected chi connectivity index (χ4v) is 2.97. The molecular weight excluding hydrogens is 390 g/mol. The zero-order chi connectivity index (χ0) is 21.7. The zero-order valence-electron chi connectivity index (χ0n) is 16.4. The number of nitrogens with one attached hydrogen (secondary N) is 1. The van der Waals surface area contributed by atoms with Crippen LogP contribution >= 0.6 is 0 Å². The molecule has 1 heterocycles. The molecule has 0 bridgehead atoms. The van der Waals surface area contributed by atoms with Gasteiger partial charge in [-0.1, -0.05) is 18.2 Å². The molecule has 9 nitrogen and oxygen atoms in total. The van der Waals surface area contributed by atoms with Crippen molar-refractivity contribution in [2.24, 2.45) is 5.73 Å². The van der Waals surface area contributed by atoms with E-state index in [1.54, 1.807) is 37.3 Å². The largest absolute Gasteiger partial charge is 0.465 e. The third-order valence-corrected chi connectivity index (χ3v) is 4.46. The minimum Gasteiger partial charge on any atom is -0.465 e. The van der Waals surface area contributed by atoms with Crippen LogP contribution in [-0.2, 0) is 31.9 Å². The fourth-order valence-electron chi connectivity index (χ4n) is 2.97. The van der Waals surface area contributed by atoms with Crippen molar-refractivity contribution in [1.82, 2.24) is 5.32 Å². The van der Waals surface area contributed by atoms with Crippen molar-refractivity contribution in [2.45, 2.75) is 31.9 Å². The molecule has 1 aliphatic heterocycles. The number of anilines is 1. The number of carbonyl (C=O) groups is 3. The van der Waals surface area contributed by atoms with Crippen LogP contribution in [0.25, 0.3) is 0 Å². The molecule has 2 unspecified atom stereocenters. The minimum absolute atomic E-state index is 0.220. The fraction of sp³-hybridized carbons (Fsp3) is 0.286. The molecule has 2 atom stereocenters. The van der Waals surface area contributed by atoms with Crippen LogP contribution in [0.1, 0.15) is 18.1 Å². The molecule has 0 spiro atoms. The van der Waals surface area contributed by atoms with Gasteiger partial charge < -0.3 is 25.7 Å². The number of amides is 2. The lowest BCUT2D eigenvalue weighted by Crippen LogP contribution is -2.34. The molecule has 2 aromatic carbocycles. The molecule has 1 saturated heterocycles. The van der Waals surface area contributed by atoms with Gasteiger partial charge in [0.15, 0.2) is 6.10 Å². The van der Waals surface area contributed by atoms with Gasteiger partial charge >= 0.3 is 12.1 Å². The molecule has 158 valence electrons. The topological polar surface area (TPSA) is 143 Å². The van der Waals surface area contributed by atoms with Crippen molar-refractivity contribution in [3.8, 4) is 11.5 Å².